The van der Waals surface area contributed by atoms with Gasteiger partial charge in [-0.3, -0.25) is 4.79 Å². The maximum atomic E-state index is 14.2. The molecule has 1 aliphatic rings. The second-order valence-corrected chi connectivity index (χ2v) is 14.2. The normalized spacial score (nSPS) is 13.4. The van der Waals surface area contributed by atoms with E-state index in [-0.39, 0.29) is 37.9 Å². The Morgan fingerprint density at radius 1 is 0.824 bits per heavy atom. The van der Waals surface area contributed by atoms with E-state index in [4.69, 9.17) is 14.2 Å². The Morgan fingerprint density at radius 2 is 1.43 bits per heavy atom. The van der Waals surface area contributed by atoms with Gasteiger partial charge in [0.2, 0.25) is 0 Å². The maximum Gasteiger partial charge on any atom is 0.417 e. The van der Waals surface area contributed by atoms with Crippen LogP contribution in [0.5, 0.6) is 0 Å². The summed E-state index contributed by atoms with van der Waals surface area (Å²) in [6.07, 6.45) is -0.851. The number of aliphatic hydroxyl groups is 1. The molecule has 0 aliphatic heterocycles. The van der Waals surface area contributed by atoms with Gasteiger partial charge < -0.3 is 30.0 Å². The lowest BCUT2D eigenvalue weighted by atomic mass is 9.98. The van der Waals surface area contributed by atoms with Crippen molar-refractivity contribution in [2.24, 2.45) is 5.92 Å². The van der Waals surface area contributed by atoms with Crippen molar-refractivity contribution in [2.45, 2.75) is 90.5 Å². The molecule has 4 rings (SSSR count). The highest BCUT2D eigenvalue weighted by Crippen LogP contribution is 2.44. The molecule has 11 nitrogen and oxygen atoms in total. The van der Waals surface area contributed by atoms with Crippen LogP contribution in [0.25, 0.3) is 11.1 Å². The van der Waals surface area contributed by atoms with Gasteiger partial charge in [-0.1, -0.05) is 92.7 Å². The summed E-state index contributed by atoms with van der Waals surface area (Å²) >= 11 is 0. The number of nitrogens with zero attached hydrogens (tertiary/aromatic N) is 1. The molecular weight excluding hydrogens is 650 g/mol. The molecular formula is C40H51N3O8. The van der Waals surface area contributed by atoms with Gasteiger partial charge >= 0.3 is 18.3 Å². The summed E-state index contributed by atoms with van der Waals surface area (Å²) in [5, 5.41) is 15.9. The number of fused-ring (bicyclic) bond motifs is 3. The zero-order chi connectivity index (χ0) is 37.0. The minimum atomic E-state index is -1.13. The van der Waals surface area contributed by atoms with Crippen molar-refractivity contribution in [3.63, 3.8) is 0 Å². The first-order valence-electron chi connectivity index (χ1n) is 17.6. The van der Waals surface area contributed by atoms with E-state index in [0.717, 1.165) is 32.7 Å². The average molecular weight is 702 g/mol. The van der Waals surface area contributed by atoms with Crippen LogP contribution in [0.1, 0.15) is 82.9 Å². The summed E-state index contributed by atoms with van der Waals surface area (Å²) in [7, 11) is 0. The van der Waals surface area contributed by atoms with E-state index >= 15 is 0 Å². The number of carbonyl (C=O) groups is 4. The Kier molecular flexibility index (Phi) is 14.0. The number of alkyl carbamates (subject to hydrolysis) is 2. The van der Waals surface area contributed by atoms with E-state index in [1.54, 1.807) is 32.9 Å². The molecule has 3 aromatic rings. The molecule has 1 aliphatic carbocycles. The lowest BCUT2D eigenvalue weighted by molar-refractivity contribution is -0.135. The van der Waals surface area contributed by atoms with Crippen molar-refractivity contribution in [3.8, 4) is 11.1 Å². The zero-order valence-corrected chi connectivity index (χ0v) is 30.2. The number of ether oxygens (including phenoxy) is 3. The predicted octanol–water partition coefficient (Wildman–Crippen LogP) is 7.16. The van der Waals surface area contributed by atoms with Crippen molar-refractivity contribution in [1.82, 2.24) is 15.5 Å². The third-order valence-electron chi connectivity index (χ3n) is 8.49. The number of nitrogens with one attached hydrogen (secondary N) is 2. The minimum Gasteiger partial charge on any atom is -0.449 e. The number of carbonyl (C=O) groups excluding carboxylic acids is 4. The molecule has 11 heteroatoms. The monoisotopic (exact) mass is 701 g/mol. The van der Waals surface area contributed by atoms with Crippen LogP contribution in [-0.2, 0) is 25.6 Å². The summed E-state index contributed by atoms with van der Waals surface area (Å²) in [5.74, 6) is -0.918. The van der Waals surface area contributed by atoms with Crippen molar-refractivity contribution in [3.05, 3.63) is 95.6 Å². The summed E-state index contributed by atoms with van der Waals surface area (Å²) in [5.41, 5.74) is 4.39. The number of rotatable bonds is 15. The molecule has 0 aromatic heterocycles. The van der Waals surface area contributed by atoms with Crippen molar-refractivity contribution in [2.75, 3.05) is 19.8 Å². The number of hydrogen-bond acceptors (Lipinski definition) is 8. The number of imide groups is 1. The van der Waals surface area contributed by atoms with Gasteiger partial charge in [0.05, 0.1) is 12.6 Å². The fraction of sp³-hybridized carbons (Fsp3) is 0.450. The van der Waals surface area contributed by atoms with Crippen LogP contribution in [0.3, 0.4) is 0 Å². The van der Waals surface area contributed by atoms with E-state index in [1.807, 2.05) is 80.6 Å². The highest BCUT2D eigenvalue weighted by molar-refractivity contribution is 5.97. The van der Waals surface area contributed by atoms with E-state index in [2.05, 4.69) is 10.6 Å². The van der Waals surface area contributed by atoms with Crippen LogP contribution in [-0.4, -0.2) is 71.6 Å². The molecule has 0 bridgehead atoms. The number of amides is 4. The predicted molar refractivity (Wildman–Crippen MR) is 194 cm³/mol. The molecule has 3 N–H and O–H groups in total. The molecule has 0 radical (unpaired) electrons. The SMILES string of the molecule is CC(C)C[C@H](NC(=O)OCC1c2ccccc2-c2ccccc21)C(=O)N(C(=O)OCc1ccccc1)[C@H](CO)CCCCNC(=O)OC(C)(C)C. The summed E-state index contributed by atoms with van der Waals surface area (Å²) in [4.78, 5) is 54.2. The van der Waals surface area contributed by atoms with Gasteiger partial charge in [0.1, 0.15) is 24.9 Å². The lowest BCUT2D eigenvalue weighted by Gasteiger charge is -2.32. The molecule has 0 saturated carbocycles. The lowest BCUT2D eigenvalue weighted by Crippen LogP contribution is -2.55. The van der Waals surface area contributed by atoms with Crippen LogP contribution in [0.15, 0.2) is 78.9 Å². The van der Waals surface area contributed by atoms with Crippen LogP contribution >= 0.6 is 0 Å². The van der Waals surface area contributed by atoms with E-state index in [1.165, 1.54) is 0 Å². The third-order valence-corrected chi connectivity index (χ3v) is 8.49. The topological polar surface area (TPSA) is 144 Å². The average Bonchev–Trinajstić information content (AvgIpc) is 3.41. The summed E-state index contributed by atoms with van der Waals surface area (Å²) < 4.78 is 16.6. The Bertz CT molecular complexity index is 1580. The highest BCUT2D eigenvalue weighted by atomic mass is 16.6. The van der Waals surface area contributed by atoms with Gasteiger partial charge in [0.25, 0.3) is 5.91 Å². The van der Waals surface area contributed by atoms with Gasteiger partial charge in [-0.05, 0) is 80.2 Å². The molecule has 0 unspecified atom stereocenters. The quantitative estimate of drug-likeness (QED) is 0.112. The number of aliphatic hydroxyl groups excluding tert-OH is 1. The van der Waals surface area contributed by atoms with Crippen molar-refractivity contribution >= 4 is 24.2 Å². The molecule has 0 heterocycles. The minimum absolute atomic E-state index is 0.0402. The largest absolute Gasteiger partial charge is 0.449 e. The molecule has 2 atom stereocenters. The Balaban J connectivity index is 1.46. The van der Waals surface area contributed by atoms with Crippen molar-refractivity contribution < 1.29 is 38.5 Å². The first-order chi connectivity index (χ1) is 24.4. The van der Waals surface area contributed by atoms with Crippen LogP contribution < -0.4 is 10.6 Å². The van der Waals surface area contributed by atoms with Gasteiger partial charge in [0.15, 0.2) is 0 Å². The Morgan fingerprint density at radius 3 is 2.02 bits per heavy atom. The second kappa shape index (κ2) is 18.4. The zero-order valence-electron chi connectivity index (χ0n) is 30.2. The molecule has 0 spiro atoms. The molecule has 3 aromatic carbocycles. The van der Waals surface area contributed by atoms with Crippen LogP contribution in [0, 0.1) is 5.92 Å². The van der Waals surface area contributed by atoms with Crippen molar-refractivity contribution in [1.29, 1.82) is 0 Å². The number of benzene rings is 3. The van der Waals surface area contributed by atoms with Gasteiger partial charge in [0, 0.05) is 12.5 Å². The Hall–Kier alpha value is -4.90. The first kappa shape index (κ1) is 38.9. The van der Waals surface area contributed by atoms with E-state index in [0.29, 0.717) is 19.4 Å². The summed E-state index contributed by atoms with van der Waals surface area (Å²) in [6, 6.07) is 23.0. The molecule has 274 valence electrons. The molecule has 0 fully saturated rings. The van der Waals surface area contributed by atoms with Crippen LogP contribution in [0.2, 0.25) is 0 Å². The van der Waals surface area contributed by atoms with Gasteiger partial charge in [-0.2, -0.15) is 0 Å². The first-order valence-corrected chi connectivity index (χ1v) is 17.6. The third kappa shape index (κ3) is 11.3. The smallest absolute Gasteiger partial charge is 0.417 e. The standard InChI is InChI=1S/C40H51N3O8/c1-27(2)23-35(42-38(47)49-26-34-32-20-11-9-18-30(32)31-19-10-12-21-33(31)34)36(45)43(39(48)50-25-28-15-7-6-8-16-28)29(24-44)17-13-14-22-41-37(46)51-40(3,4)5/h6-12,15-16,18-21,27,29,34-35,44H,13-14,17,22-26H2,1-5H3,(H,41,46)(H,42,47)/t29-,35-/m0/s1. The van der Waals surface area contributed by atoms with E-state index in [9.17, 15) is 24.3 Å². The van der Waals surface area contributed by atoms with Gasteiger partial charge in [-0.25, -0.2) is 19.3 Å². The second-order valence-electron chi connectivity index (χ2n) is 14.2. The number of hydrogen-bond donors (Lipinski definition) is 3. The molecule has 51 heavy (non-hydrogen) atoms. The summed E-state index contributed by atoms with van der Waals surface area (Å²) in [6.45, 7) is 8.88. The highest BCUT2D eigenvalue weighted by Gasteiger charge is 2.37. The van der Waals surface area contributed by atoms with E-state index < -0.39 is 48.5 Å². The number of unbranched alkanes of at least 4 members (excludes halogenated alkanes) is 1. The Labute approximate surface area is 300 Å². The maximum absolute atomic E-state index is 14.2. The van der Waals surface area contributed by atoms with Gasteiger partial charge in [-0.15, -0.1) is 0 Å². The molecule has 4 amide bonds. The fourth-order valence-electron chi connectivity index (χ4n) is 6.16. The molecule has 0 saturated heterocycles. The van der Waals surface area contributed by atoms with Crippen LogP contribution in [0.4, 0.5) is 14.4 Å². The fourth-order valence-corrected chi connectivity index (χ4v) is 6.16.